The van der Waals surface area contributed by atoms with E-state index in [1.165, 1.54) is 11.1 Å². The standard InChI is InChI=1S/C17H25N3O3/c1-17(2,3)23-16(21)20-7-5-13(11-20)22-15-10-19-9-12-8-18-6-4-14(12)15/h9-10,13,18H,4-8,11H2,1-3H3/t13-/m0/s1. The smallest absolute Gasteiger partial charge is 0.410 e. The van der Waals surface area contributed by atoms with Gasteiger partial charge in [-0.1, -0.05) is 0 Å². The van der Waals surface area contributed by atoms with Gasteiger partial charge in [-0.25, -0.2) is 4.79 Å². The zero-order chi connectivity index (χ0) is 16.4. The van der Waals surface area contributed by atoms with E-state index < -0.39 is 5.60 Å². The van der Waals surface area contributed by atoms with Gasteiger partial charge in [-0.15, -0.1) is 0 Å². The Labute approximate surface area is 137 Å². The Hall–Kier alpha value is -1.82. The van der Waals surface area contributed by atoms with E-state index in [4.69, 9.17) is 9.47 Å². The van der Waals surface area contributed by atoms with Crippen LogP contribution in [0.1, 0.15) is 38.3 Å². The lowest BCUT2D eigenvalue weighted by molar-refractivity contribution is 0.0275. The number of hydrogen-bond donors (Lipinski definition) is 1. The Morgan fingerprint density at radius 1 is 1.39 bits per heavy atom. The molecule has 1 aromatic heterocycles. The van der Waals surface area contributed by atoms with Crippen LogP contribution in [-0.4, -0.2) is 47.3 Å². The number of ether oxygens (including phenoxy) is 2. The van der Waals surface area contributed by atoms with Gasteiger partial charge in [0, 0.05) is 31.3 Å². The van der Waals surface area contributed by atoms with Crippen molar-refractivity contribution in [1.82, 2.24) is 15.2 Å². The molecule has 6 nitrogen and oxygen atoms in total. The first-order valence-corrected chi connectivity index (χ1v) is 8.23. The summed E-state index contributed by atoms with van der Waals surface area (Å²) in [6, 6.07) is 0. The Bertz CT molecular complexity index is 583. The molecule has 0 bridgehead atoms. The summed E-state index contributed by atoms with van der Waals surface area (Å²) in [7, 11) is 0. The summed E-state index contributed by atoms with van der Waals surface area (Å²) in [6.45, 7) is 8.68. The van der Waals surface area contributed by atoms with Gasteiger partial charge in [0.15, 0.2) is 0 Å². The van der Waals surface area contributed by atoms with Gasteiger partial charge in [-0.05, 0) is 39.3 Å². The summed E-state index contributed by atoms with van der Waals surface area (Å²) in [5.74, 6) is 0.861. The van der Waals surface area contributed by atoms with Crippen LogP contribution in [0.5, 0.6) is 5.75 Å². The summed E-state index contributed by atoms with van der Waals surface area (Å²) in [5, 5.41) is 3.34. The van der Waals surface area contributed by atoms with Gasteiger partial charge >= 0.3 is 6.09 Å². The molecule has 1 saturated heterocycles. The minimum Gasteiger partial charge on any atom is -0.487 e. The molecule has 23 heavy (non-hydrogen) atoms. The molecule has 2 aliphatic rings. The van der Waals surface area contributed by atoms with Crippen LogP contribution in [0, 0.1) is 0 Å². The lowest BCUT2D eigenvalue weighted by Crippen LogP contribution is -2.36. The van der Waals surface area contributed by atoms with Crippen LogP contribution in [-0.2, 0) is 17.7 Å². The van der Waals surface area contributed by atoms with E-state index in [9.17, 15) is 4.79 Å². The number of fused-ring (bicyclic) bond motifs is 1. The van der Waals surface area contributed by atoms with Crippen molar-refractivity contribution in [2.24, 2.45) is 0 Å². The van der Waals surface area contributed by atoms with Gasteiger partial charge in [0.05, 0.1) is 12.7 Å². The maximum atomic E-state index is 12.1. The molecule has 1 N–H and O–H groups in total. The second-order valence-corrected chi connectivity index (χ2v) is 7.16. The molecule has 0 aliphatic carbocycles. The second kappa shape index (κ2) is 6.35. The fraction of sp³-hybridized carbons (Fsp3) is 0.647. The molecule has 1 aromatic rings. The largest absolute Gasteiger partial charge is 0.487 e. The van der Waals surface area contributed by atoms with Gasteiger partial charge in [0.2, 0.25) is 0 Å². The molecule has 126 valence electrons. The summed E-state index contributed by atoms with van der Waals surface area (Å²) < 4.78 is 11.6. The topological polar surface area (TPSA) is 63.7 Å². The number of nitrogens with one attached hydrogen (secondary N) is 1. The van der Waals surface area contributed by atoms with Crippen molar-refractivity contribution in [2.45, 2.75) is 51.9 Å². The highest BCUT2D eigenvalue weighted by Crippen LogP contribution is 2.27. The van der Waals surface area contributed by atoms with Crippen LogP contribution in [0.3, 0.4) is 0 Å². The van der Waals surface area contributed by atoms with Crippen LogP contribution >= 0.6 is 0 Å². The molecule has 6 heteroatoms. The van der Waals surface area contributed by atoms with Gasteiger partial charge in [-0.2, -0.15) is 0 Å². The molecule has 1 amide bonds. The molecule has 3 heterocycles. The zero-order valence-electron chi connectivity index (χ0n) is 14.1. The van der Waals surface area contributed by atoms with Crippen LogP contribution in [0.2, 0.25) is 0 Å². The minimum atomic E-state index is -0.467. The first kappa shape index (κ1) is 16.1. The maximum absolute atomic E-state index is 12.1. The molecule has 0 saturated carbocycles. The number of carbonyl (C=O) groups excluding carboxylic acids is 1. The average Bonchev–Trinajstić information content (AvgIpc) is 2.95. The van der Waals surface area contributed by atoms with E-state index in [1.807, 2.05) is 27.0 Å². The van der Waals surface area contributed by atoms with Crippen molar-refractivity contribution >= 4 is 6.09 Å². The minimum absolute atomic E-state index is 0.00528. The van der Waals surface area contributed by atoms with E-state index in [0.29, 0.717) is 13.1 Å². The Morgan fingerprint density at radius 3 is 3.00 bits per heavy atom. The first-order chi connectivity index (χ1) is 10.9. The van der Waals surface area contributed by atoms with Crippen LogP contribution in [0.4, 0.5) is 4.79 Å². The SMILES string of the molecule is CC(C)(C)OC(=O)N1CC[C@H](Oc2cncc3c2CCNC3)C1. The fourth-order valence-electron chi connectivity index (χ4n) is 2.98. The molecule has 1 atom stereocenters. The van der Waals surface area contributed by atoms with E-state index in [2.05, 4.69) is 10.3 Å². The third-order valence-corrected chi connectivity index (χ3v) is 4.06. The van der Waals surface area contributed by atoms with Crippen molar-refractivity contribution in [3.8, 4) is 5.75 Å². The number of amides is 1. The van der Waals surface area contributed by atoms with Crippen molar-refractivity contribution in [1.29, 1.82) is 0 Å². The third kappa shape index (κ3) is 3.93. The maximum Gasteiger partial charge on any atom is 0.410 e. The molecule has 1 fully saturated rings. The summed E-state index contributed by atoms with van der Waals surface area (Å²) in [6.07, 6.45) is 5.21. The van der Waals surface area contributed by atoms with E-state index in [1.54, 1.807) is 11.1 Å². The van der Waals surface area contributed by atoms with Gasteiger partial charge in [0.1, 0.15) is 17.5 Å². The molecule has 2 aliphatic heterocycles. The highest BCUT2D eigenvalue weighted by Gasteiger charge is 2.31. The summed E-state index contributed by atoms with van der Waals surface area (Å²) >= 11 is 0. The van der Waals surface area contributed by atoms with Gasteiger partial charge < -0.3 is 19.7 Å². The molecule has 0 radical (unpaired) electrons. The predicted molar refractivity (Wildman–Crippen MR) is 86.5 cm³/mol. The molecular weight excluding hydrogens is 294 g/mol. The number of hydrogen-bond acceptors (Lipinski definition) is 5. The number of nitrogens with zero attached hydrogens (tertiary/aromatic N) is 2. The average molecular weight is 319 g/mol. The number of aromatic nitrogens is 1. The molecule has 0 spiro atoms. The third-order valence-electron chi connectivity index (χ3n) is 4.06. The monoisotopic (exact) mass is 319 g/mol. The van der Waals surface area contributed by atoms with E-state index >= 15 is 0 Å². The molecule has 3 rings (SSSR count). The molecule has 0 aromatic carbocycles. The van der Waals surface area contributed by atoms with Crippen molar-refractivity contribution in [3.05, 3.63) is 23.5 Å². The predicted octanol–water partition coefficient (Wildman–Crippen LogP) is 2.12. The molecular formula is C17H25N3O3. The zero-order valence-corrected chi connectivity index (χ0v) is 14.1. The lowest BCUT2D eigenvalue weighted by Gasteiger charge is -2.25. The van der Waals surface area contributed by atoms with Gasteiger partial charge in [-0.3, -0.25) is 4.98 Å². The Morgan fingerprint density at radius 2 is 2.22 bits per heavy atom. The van der Waals surface area contributed by atoms with Crippen molar-refractivity contribution < 1.29 is 14.3 Å². The highest BCUT2D eigenvalue weighted by atomic mass is 16.6. The first-order valence-electron chi connectivity index (χ1n) is 8.23. The number of carbonyl (C=O) groups is 1. The van der Waals surface area contributed by atoms with Crippen LogP contribution < -0.4 is 10.1 Å². The van der Waals surface area contributed by atoms with Crippen LogP contribution in [0.15, 0.2) is 12.4 Å². The van der Waals surface area contributed by atoms with Crippen molar-refractivity contribution in [2.75, 3.05) is 19.6 Å². The number of rotatable bonds is 2. The molecule has 0 unspecified atom stereocenters. The number of pyridine rings is 1. The number of likely N-dealkylation sites (tertiary alicyclic amines) is 1. The van der Waals surface area contributed by atoms with Crippen molar-refractivity contribution in [3.63, 3.8) is 0 Å². The van der Waals surface area contributed by atoms with E-state index in [0.717, 1.165) is 31.7 Å². The van der Waals surface area contributed by atoms with Gasteiger partial charge in [0.25, 0.3) is 0 Å². The lowest BCUT2D eigenvalue weighted by atomic mass is 10.0. The second-order valence-electron chi connectivity index (χ2n) is 7.16. The summed E-state index contributed by atoms with van der Waals surface area (Å²) in [5.41, 5.74) is 1.98. The van der Waals surface area contributed by atoms with E-state index in [-0.39, 0.29) is 12.2 Å². The highest BCUT2D eigenvalue weighted by molar-refractivity contribution is 5.68. The fourth-order valence-corrected chi connectivity index (χ4v) is 2.98. The van der Waals surface area contributed by atoms with Crippen LogP contribution in [0.25, 0.3) is 0 Å². The Balaban J connectivity index is 1.61. The normalized spacial score (nSPS) is 21.0. The quantitative estimate of drug-likeness (QED) is 0.904. The summed E-state index contributed by atoms with van der Waals surface area (Å²) in [4.78, 5) is 18.1. The Kier molecular flexibility index (Phi) is 4.43.